The summed E-state index contributed by atoms with van der Waals surface area (Å²) in [4.78, 5) is 0. The Morgan fingerprint density at radius 1 is 1.50 bits per heavy atom. The Kier molecular flexibility index (Phi) is 3.17. The zero-order chi connectivity index (χ0) is 8.97. The summed E-state index contributed by atoms with van der Waals surface area (Å²) in [5, 5.41) is 0.542. The number of hydrogen-bond donors (Lipinski definition) is 1. The molecule has 0 aliphatic rings. The van der Waals surface area contributed by atoms with Crippen LogP contribution in [0.4, 0.5) is 10.1 Å². The van der Waals surface area contributed by atoms with E-state index in [1.807, 2.05) is 0 Å². The fraction of sp³-hybridized carbons (Fsp3) is 0.250. The van der Waals surface area contributed by atoms with Crippen molar-refractivity contribution in [3.05, 3.63) is 23.2 Å². The van der Waals surface area contributed by atoms with Crippen LogP contribution in [-0.2, 0) is 0 Å². The zero-order valence-electron chi connectivity index (χ0n) is 6.39. The Labute approximate surface area is 75.1 Å². The van der Waals surface area contributed by atoms with Crippen molar-refractivity contribution in [1.29, 1.82) is 0 Å². The first-order chi connectivity index (χ1) is 5.74. The largest absolute Gasteiger partial charge is 0.489 e. The number of nitrogen functional groups attached to an aromatic ring is 1. The predicted molar refractivity (Wildman–Crippen MR) is 47.3 cm³/mol. The molecule has 0 aliphatic carbocycles. The third-order valence-electron chi connectivity index (χ3n) is 1.31. The first kappa shape index (κ1) is 9.13. The van der Waals surface area contributed by atoms with Crippen molar-refractivity contribution in [3.63, 3.8) is 0 Å². The molecule has 0 aromatic heterocycles. The number of alkyl halides is 1. The lowest BCUT2D eigenvalue weighted by molar-refractivity contribution is 0.274. The van der Waals surface area contributed by atoms with Crippen LogP contribution in [0, 0.1) is 0 Å². The van der Waals surface area contributed by atoms with Crippen LogP contribution >= 0.6 is 11.6 Å². The monoisotopic (exact) mass is 189 g/mol. The molecule has 2 N–H and O–H groups in total. The highest BCUT2D eigenvalue weighted by atomic mass is 35.5. The first-order valence-electron chi connectivity index (χ1n) is 3.48. The van der Waals surface area contributed by atoms with Gasteiger partial charge in [-0.15, -0.1) is 0 Å². The van der Waals surface area contributed by atoms with E-state index in [-0.39, 0.29) is 6.61 Å². The molecule has 0 atom stereocenters. The summed E-state index contributed by atoms with van der Waals surface area (Å²) in [6, 6.07) is 4.83. The second-order valence-electron chi connectivity index (χ2n) is 2.22. The van der Waals surface area contributed by atoms with Gasteiger partial charge in [0.25, 0.3) is 0 Å². The van der Waals surface area contributed by atoms with Crippen molar-refractivity contribution in [2.45, 2.75) is 0 Å². The van der Waals surface area contributed by atoms with Crippen LogP contribution < -0.4 is 10.5 Å². The molecule has 0 heterocycles. The number of benzene rings is 1. The van der Waals surface area contributed by atoms with E-state index in [4.69, 9.17) is 22.1 Å². The quantitative estimate of drug-likeness (QED) is 0.741. The molecule has 2 nitrogen and oxygen atoms in total. The molecule has 0 saturated carbocycles. The lowest BCUT2D eigenvalue weighted by Crippen LogP contribution is -2.01. The summed E-state index contributed by atoms with van der Waals surface area (Å²) in [5.41, 5.74) is 5.96. The summed E-state index contributed by atoms with van der Waals surface area (Å²) >= 11 is 5.64. The molecule has 1 aromatic carbocycles. The Morgan fingerprint density at radius 3 is 2.83 bits per heavy atom. The van der Waals surface area contributed by atoms with Gasteiger partial charge in [-0.3, -0.25) is 0 Å². The van der Waals surface area contributed by atoms with Gasteiger partial charge >= 0.3 is 0 Å². The molecule has 1 aromatic rings. The third-order valence-corrected chi connectivity index (χ3v) is 1.54. The predicted octanol–water partition coefficient (Wildman–Crippen LogP) is 2.27. The Morgan fingerprint density at radius 2 is 2.25 bits per heavy atom. The van der Waals surface area contributed by atoms with E-state index in [9.17, 15) is 4.39 Å². The number of rotatable bonds is 3. The van der Waals surface area contributed by atoms with E-state index in [0.717, 1.165) is 0 Å². The maximum atomic E-state index is 11.7. The van der Waals surface area contributed by atoms with Gasteiger partial charge in [-0.2, -0.15) is 0 Å². The SMILES string of the molecule is Nc1cc(Cl)ccc1OCCF. The number of halogens is 2. The van der Waals surface area contributed by atoms with E-state index < -0.39 is 6.67 Å². The van der Waals surface area contributed by atoms with Crippen molar-refractivity contribution in [2.75, 3.05) is 19.0 Å². The van der Waals surface area contributed by atoms with Crippen LogP contribution in [0.25, 0.3) is 0 Å². The Balaban J connectivity index is 2.72. The smallest absolute Gasteiger partial charge is 0.142 e. The number of nitrogens with two attached hydrogens (primary N) is 1. The molecule has 0 fully saturated rings. The standard InChI is InChI=1S/C8H9ClFNO/c9-6-1-2-8(7(11)5-6)12-4-3-10/h1-2,5H,3-4,11H2. The van der Waals surface area contributed by atoms with Gasteiger partial charge in [0.15, 0.2) is 0 Å². The average molecular weight is 190 g/mol. The minimum atomic E-state index is -0.526. The molecule has 0 radical (unpaired) electrons. The van der Waals surface area contributed by atoms with Gasteiger partial charge in [-0.05, 0) is 18.2 Å². The molecule has 0 unspecified atom stereocenters. The molecule has 0 spiro atoms. The zero-order valence-corrected chi connectivity index (χ0v) is 7.14. The van der Waals surface area contributed by atoms with Gasteiger partial charge in [0.1, 0.15) is 19.0 Å². The topological polar surface area (TPSA) is 35.2 Å². The van der Waals surface area contributed by atoms with E-state index in [1.54, 1.807) is 18.2 Å². The lowest BCUT2D eigenvalue weighted by Gasteiger charge is -2.06. The Hall–Kier alpha value is -0.960. The molecule has 4 heteroatoms. The van der Waals surface area contributed by atoms with E-state index in [0.29, 0.717) is 16.5 Å². The van der Waals surface area contributed by atoms with Gasteiger partial charge in [0.2, 0.25) is 0 Å². The number of ether oxygens (including phenoxy) is 1. The van der Waals surface area contributed by atoms with E-state index in [2.05, 4.69) is 0 Å². The normalized spacial score (nSPS) is 9.83. The van der Waals surface area contributed by atoms with Crippen LogP contribution in [0.3, 0.4) is 0 Å². The average Bonchev–Trinajstić information content (AvgIpc) is 2.03. The summed E-state index contributed by atoms with van der Waals surface area (Å²) in [5.74, 6) is 0.469. The number of hydrogen-bond acceptors (Lipinski definition) is 2. The van der Waals surface area contributed by atoms with E-state index >= 15 is 0 Å². The summed E-state index contributed by atoms with van der Waals surface area (Å²) in [6.07, 6.45) is 0. The second-order valence-corrected chi connectivity index (χ2v) is 2.66. The van der Waals surface area contributed by atoms with Crippen molar-refractivity contribution < 1.29 is 9.13 Å². The molecule has 1 rings (SSSR count). The van der Waals surface area contributed by atoms with Crippen LogP contribution in [-0.4, -0.2) is 13.3 Å². The molecule has 12 heavy (non-hydrogen) atoms. The van der Waals surface area contributed by atoms with Gasteiger partial charge in [0, 0.05) is 5.02 Å². The first-order valence-corrected chi connectivity index (χ1v) is 3.85. The molecule has 0 bridgehead atoms. The molecule has 0 saturated heterocycles. The van der Waals surface area contributed by atoms with Crippen LogP contribution in [0.2, 0.25) is 5.02 Å². The minimum Gasteiger partial charge on any atom is -0.489 e. The van der Waals surface area contributed by atoms with Gasteiger partial charge in [0.05, 0.1) is 5.69 Å². The fourth-order valence-electron chi connectivity index (χ4n) is 0.799. The van der Waals surface area contributed by atoms with Crippen molar-refractivity contribution in [3.8, 4) is 5.75 Å². The minimum absolute atomic E-state index is 0.0197. The highest BCUT2D eigenvalue weighted by Gasteiger charge is 1.99. The highest BCUT2D eigenvalue weighted by molar-refractivity contribution is 6.30. The maximum absolute atomic E-state index is 11.7. The third kappa shape index (κ3) is 2.27. The number of anilines is 1. The van der Waals surface area contributed by atoms with Crippen LogP contribution in [0.1, 0.15) is 0 Å². The van der Waals surface area contributed by atoms with Gasteiger partial charge in [-0.25, -0.2) is 4.39 Å². The molecular weight excluding hydrogens is 181 g/mol. The van der Waals surface area contributed by atoms with E-state index in [1.165, 1.54) is 0 Å². The van der Waals surface area contributed by atoms with Gasteiger partial charge in [-0.1, -0.05) is 11.6 Å². The van der Waals surface area contributed by atoms with Gasteiger partial charge < -0.3 is 10.5 Å². The summed E-state index contributed by atoms with van der Waals surface area (Å²) in [6.45, 7) is -0.506. The summed E-state index contributed by atoms with van der Waals surface area (Å²) in [7, 11) is 0. The molecule has 0 aliphatic heterocycles. The van der Waals surface area contributed by atoms with Crippen LogP contribution in [0.5, 0.6) is 5.75 Å². The Bertz CT molecular complexity index is 267. The lowest BCUT2D eigenvalue weighted by atomic mass is 10.3. The maximum Gasteiger partial charge on any atom is 0.142 e. The second kappa shape index (κ2) is 4.16. The van der Waals surface area contributed by atoms with Crippen molar-refractivity contribution in [2.24, 2.45) is 0 Å². The highest BCUT2D eigenvalue weighted by Crippen LogP contribution is 2.24. The molecule has 0 amide bonds. The summed E-state index contributed by atoms with van der Waals surface area (Å²) < 4.78 is 16.7. The molecular formula is C8H9ClFNO. The molecule has 66 valence electrons. The van der Waals surface area contributed by atoms with Crippen molar-refractivity contribution >= 4 is 17.3 Å². The van der Waals surface area contributed by atoms with Crippen LogP contribution in [0.15, 0.2) is 18.2 Å². The van der Waals surface area contributed by atoms with Crippen molar-refractivity contribution in [1.82, 2.24) is 0 Å². The fourth-order valence-corrected chi connectivity index (χ4v) is 0.980.